The molecular weight excluding hydrogens is 96.4 g/mol. The van der Waals surface area contributed by atoms with Gasteiger partial charge in [-0.15, -0.1) is 0 Å². The van der Waals surface area contributed by atoms with E-state index in [2.05, 4.69) is 6.92 Å². The molecule has 0 aromatic heterocycles. The summed E-state index contributed by atoms with van der Waals surface area (Å²) in [5.41, 5.74) is 0. The Morgan fingerprint density at radius 1 is 1.14 bits per heavy atom. The fourth-order valence-corrected chi connectivity index (χ4v) is 1.18. The van der Waals surface area contributed by atoms with Gasteiger partial charge in [-0.2, -0.15) is 4.55 Å². The molecule has 0 aromatic carbocycles. The Morgan fingerprint density at radius 3 is 2.29 bits per heavy atom. The van der Waals surface area contributed by atoms with Gasteiger partial charge in [-0.1, -0.05) is 32.6 Å². The smallest absolute Gasteiger partial charge is 0.151 e. The van der Waals surface area contributed by atoms with Gasteiger partial charge in [0.05, 0.1) is 0 Å². The molecule has 0 saturated carbocycles. The van der Waals surface area contributed by atoms with Gasteiger partial charge < -0.3 is 0 Å². The second-order valence-electron chi connectivity index (χ2n) is 2.06. The van der Waals surface area contributed by atoms with E-state index in [-0.39, 0.29) is 0 Å². The van der Waals surface area contributed by atoms with Crippen molar-refractivity contribution in [3.8, 4) is 0 Å². The number of rotatable bonds is 4. The lowest BCUT2D eigenvalue weighted by Crippen LogP contribution is -1.72. The van der Waals surface area contributed by atoms with Crippen LogP contribution in [0.3, 0.4) is 0 Å². The van der Waals surface area contributed by atoms with Gasteiger partial charge in [0.15, 0.2) is 0 Å². The van der Waals surface area contributed by atoms with Crippen molar-refractivity contribution in [2.45, 2.75) is 37.2 Å². The lowest BCUT2D eigenvalue weighted by atomic mass is 10.2. The number of hydrogen-bond donors (Lipinski definition) is 0. The second kappa shape index (κ2) is 6.77. The summed E-state index contributed by atoms with van der Waals surface area (Å²) in [6, 6.07) is 0. The van der Waals surface area contributed by atoms with Crippen molar-refractivity contribution in [3.05, 3.63) is 0 Å². The van der Waals surface area contributed by atoms with Gasteiger partial charge in [0.2, 0.25) is 0 Å². The van der Waals surface area contributed by atoms with Gasteiger partial charge in [0.1, 0.15) is 0 Å². The lowest BCUT2D eigenvalue weighted by molar-refractivity contribution is 0.701. The summed E-state index contributed by atoms with van der Waals surface area (Å²) in [7, 11) is 0. The Morgan fingerprint density at radius 2 is 1.86 bits per heavy atom. The first-order valence-electron chi connectivity index (χ1n) is 3.41. The molecule has 0 rings (SSSR count). The normalized spacial score (nSPS) is 9.14. The van der Waals surface area contributed by atoms with Crippen molar-refractivity contribution in [3.63, 3.8) is 0 Å². The van der Waals surface area contributed by atoms with E-state index in [1.807, 2.05) is 0 Å². The molecule has 0 N–H and O–H groups in total. The van der Waals surface area contributed by atoms with E-state index >= 15 is 0 Å². The quantitative estimate of drug-likeness (QED) is 0.383. The van der Waals surface area contributed by atoms with Crippen molar-refractivity contribution in [2.75, 3.05) is 0 Å². The first kappa shape index (κ1) is 7.77. The topological polar surface area (TPSA) is 0 Å². The SMILES string of the molecule is CCCCC[CH2][MgH]. The van der Waals surface area contributed by atoms with Crippen LogP contribution in [0.2, 0.25) is 4.55 Å². The zero-order valence-corrected chi connectivity index (χ0v) is 7.54. The molecule has 0 heterocycles. The van der Waals surface area contributed by atoms with Gasteiger partial charge in [0.25, 0.3) is 0 Å². The molecule has 0 bridgehead atoms. The maximum absolute atomic E-state index is 2.26. The molecule has 0 aliphatic heterocycles. The van der Waals surface area contributed by atoms with Crippen molar-refractivity contribution in [1.29, 1.82) is 0 Å². The van der Waals surface area contributed by atoms with E-state index in [0.29, 0.717) is 0 Å². The molecule has 0 aliphatic rings. The predicted molar refractivity (Wildman–Crippen MR) is 36.1 cm³/mol. The molecule has 0 radical (unpaired) electrons. The van der Waals surface area contributed by atoms with Crippen LogP contribution in [0.15, 0.2) is 0 Å². The molecule has 0 unspecified atom stereocenters. The largest absolute Gasteiger partial charge is 0.340 e. The summed E-state index contributed by atoms with van der Waals surface area (Å²) in [5.74, 6) is 0. The summed E-state index contributed by atoms with van der Waals surface area (Å²) in [6.45, 7) is 2.26. The van der Waals surface area contributed by atoms with E-state index < -0.39 is 0 Å². The van der Waals surface area contributed by atoms with E-state index in [1.54, 1.807) is 0 Å². The predicted octanol–water partition coefficient (Wildman–Crippen LogP) is 1.89. The third kappa shape index (κ3) is 6.77. The van der Waals surface area contributed by atoms with Crippen molar-refractivity contribution >= 4 is 21.7 Å². The first-order valence-corrected chi connectivity index (χ1v) is 4.83. The Bertz CT molecular complexity index is 23.4. The van der Waals surface area contributed by atoms with Crippen molar-refractivity contribution in [2.24, 2.45) is 0 Å². The van der Waals surface area contributed by atoms with Crippen LogP contribution >= 0.6 is 0 Å². The molecule has 0 atom stereocenters. The summed E-state index contributed by atoms with van der Waals surface area (Å²) in [4.78, 5) is 0. The molecule has 0 aromatic rings. The highest BCUT2D eigenvalue weighted by molar-refractivity contribution is 6.08. The second-order valence-corrected chi connectivity index (χ2v) is 3.06. The Labute approximate surface area is 59.1 Å². The zero-order valence-electron chi connectivity index (χ0n) is 5.54. The van der Waals surface area contributed by atoms with Gasteiger partial charge in [-0.05, 0) is 0 Å². The highest BCUT2D eigenvalue weighted by Crippen LogP contribution is 1.99. The average molecular weight is 110 g/mol. The van der Waals surface area contributed by atoms with Crippen LogP contribution in [0.25, 0.3) is 0 Å². The molecule has 0 nitrogen and oxygen atoms in total. The lowest BCUT2D eigenvalue weighted by Gasteiger charge is -1.91. The third-order valence-electron chi connectivity index (χ3n) is 1.21. The molecule has 0 fully saturated rings. The molecule has 0 spiro atoms. The van der Waals surface area contributed by atoms with E-state index in [1.165, 1.54) is 51.9 Å². The molecule has 0 aliphatic carbocycles. The van der Waals surface area contributed by atoms with Gasteiger partial charge in [0, 0.05) is 0 Å². The van der Waals surface area contributed by atoms with Crippen LogP contribution in [0.5, 0.6) is 0 Å². The van der Waals surface area contributed by atoms with Crippen molar-refractivity contribution in [1.82, 2.24) is 0 Å². The number of unbranched alkanes of at least 4 members (excludes halogenated alkanes) is 3. The monoisotopic (exact) mass is 110 g/mol. The highest BCUT2D eigenvalue weighted by Gasteiger charge is 1.80. The summed E-state index contributed by atoms with van der Waals surface area (Å²) >= 11 is 1.41. The summed E-state index contributed by atoms with van der Waals surface area (Å²) in [5, 5.41) is 0. The third-order valence-corrected chi connectivity index (χ3v) is 1.91. The van der Waals surface area contributed by atoms with Crippen LogP contribution in [0.4, 0.5) is 0 Å². The first-order chi connectivity index (χ1) is 3.41. The Balaban J connectivity index is 2.45. The minimum Gasteiger partial charge on any atom is -0.151 e. The maximum Gasteiger partial charge on any atom is 0.340 e. The summed E-state index contributed by atoms with van der Waals surface area (Å²) in [6.07, 6.45) is 5.78. The van der Waals surface area contributed by atoms with E-state index in [9.17, 15) is 0 Å². The average Bonchev–Trinajstić information content (AvgIpc) is 1.69. The van der Waals surface area contributed by atoms with Crippen LogP contribution in [0.1, 0.15) is 32.6 Å². The highest BCUT2D eigenvalue weighted by atomic mass is 24.4. The number of hydrogen-bond acceptors (Lipinski definition) is 0. The molecule has 40 valence electrons. The van der Waals surface area contributed by atoms with Crippen LogP contribution in [0, 0.1) is 0 Å². The van der Waals surface area contributed by atoms with Gasteiger partial charge in [-0.3, -0.25) is 0 Å². The standard InChI is InChI=1S/C6H13.Mg.H/c1-3-5-6-4-2;;/h1,3-6H2,2H3;;. The maximum atomic E-state index is 2.26. The minimum atomic E-state index is 1.38. The molecule has 7 heavy (non-hydrogen) atoms. The van der Waals surface area contributed by atoms with E-state index in [4.69, 9.17) is 0 Å². The van der Waals surface area contributed by atoms with Crippen LogP contribution in [-0.2, 0) is 0 Å². The van der Waals surface area contributed by atoms with Gasteiger partial charge >= 0.3 is 21.7 Å². The molecule has 0 amide bonds. The van der Waals surface area contributed by atoms with Crippen LogP contribution in [-0.4, -0.2) is 21.7 Å². The van der Waals surface area contributed by atoms with E-state index in [0.717, 1.165) is 0 Å². The fourth-order valence-electron chi connectivity index (χ4n) is 0.677. The van der Waals surface area contributed by atoms with Gasteiger partial charge in [-0.25, -0.2) is 0 Å². The minimum absolute atomic E-state index is 1.38. The zero-order chi connectivity index (χ0) is 5.54. The molecular formula is C6H14Mg. The summed E-state index contributed by atoms with van der Waals surface area (Å²) < 4.78 is 1.50. The molecule has 0 saturated heterocycles. The molecule has 1 heteroatoms. The fraction of sp³-hybridized carbons (Fsp3) is 1.00. The Kier molecular flexibility index (Phi) is 7.51. The van der Waals surface area contributed by atoms with Crippen molar-refractivity contribution < 1.29 is 0 Å². The van der Waals surface area contributed by atoms with Crippen LogP contribution < -0.4 is 0 Å². The Hall–Kier alpha value is 0.766.